The molecule has 0 radical (unpaired) electrons. The van der Waals surface area contributed by atoms with E-state index in [1.165, 1.54) is 49.2 Å². The number of hydrogen-bond acceptors (Lipinski definition) is 2. The summed E-state index contributed by atoms with van der Waals surface area (Å²) in [5.74, 6) is 0.888. The fraction of sp³-hybridized carbons (Fsp3) is 0.625. The minimum atomic E-state index is 0.888. The summed E-state index contributed by atoms with van der Waals surface area (Å²) in [7, 11) is 2.00. The SMILES string of the molecule is CNCc1ccc(N2CCCC(C)CC2)c(C)c1. The number of benzene rings is 1. The highest BCUT2D eigenvalue weighted by molar-refractivity contribution is 5.54. The van der Waals surface area contributed by atoms with Gasteiger partial charge in [-0.15, -0.1) is 0 Å². The molecule has 1 heterocycles. The Labute approximate surface area is 111 Å². The van der Waals surface area contributed by atoms with Crippen molar-refractivity contribution >= 4 is 5.69 Å². The van der Waals surface area contributed by atoms with E-state index in [9.17, 15) is 0 Å². The zero-order valence-corrected chi connectivity index (χ0v) is 12.0. The first kappa shape index (κ1) is 13.4. The van der Waals surface area contributed by atoms with Gasteiger partial charge in [-0.05, 0) is 56.3 Å². The van der Waals surface area contributed by atoms with Gasteiger partial charge in [0.2, 0.25) is 0 Å². The van der Waals surface area contributed by atoms with Gasteiger partial charge in [-0.25, -0.2) is 0 Å². The molecule has 1 aliphatic heterocycles. The molecule has 2 heteroatoms. The van der Waals surface area contributed by atoms with E-state index in [1.54, 1.807) is 0 Å². The first-order valence-electron chi connectivity index (χ1n) is 7.20. The van der Waals surface area contributed by atoms with E-state index in [4.69, 9.17) is 0 Å². The van der Waals surface area contributed by atoms with Crippen molar-refractivity contribution in [1.82, 2.24) is 5.32 Å². The molecule has 0 saturated carbocycles. The van der Waals surface area contributed by atoms with E-state index in [0.717, 1.165) is 12.5 Å². The summed E-state index contributed by atoms with van der Waals surface area (Å²) in [6.07, 6.45) is 4.05. The van der Waals surface area contributed by atoms with Crippen LogP contribution in [0, 0.1) is 12.8 Å². The highest BCUT2D eigenvalue weighted by Gasteiger charge is 2.15. The molecule has 0 aliphatic carbocycles. The third kappa shape index (κ3) is 3.26. The zero-order chi connectivity index (χ0) is 13.0. The van der Waals surface area contributed by atoms with Crippen LogP contribution in [0.5, 0.6) is 0 Å². The Kier molecular flexibility index (Phi) is 4.65. The highest BCUT2D eigenvalue weighted by Crippen LogP contribution is 2.26. The Bertz CT molecular complexity index is 387. The third-order valence-electron chi connectivity index (χ3n) is 4.00. The molecule has 2 nitrogen and oxygen atoms in total. The molecule has 0 spiro atoms. The standard InChI is InChI=1S/C16H26N2/c1-13-5-4-9-18(10-8-13)16-7-6-15(12-17-3)11-14(16)2/h6-7,11,13,17H,4-5,8-10,12H2,1-3H3. The van der Waals surface area contributed by atoms with E-state index < -0.39 is 0 Å². The Hall–Kier alpha value is -1.02. The first-order chi connectivity index (χ1) is 8.70. The smallest absolute Gasteiger partial charge is 0.0396 e. The van der Waals surface area contributed by atoms with E-state index in [2.05, 4.69) is 42.3 Å². The van der Waals surface area contributed by atoms with Gasteiger partial charge in [0.05, 0.1) is 0 Å². The van der Waals surface area contributed by atoms with Crippen molar-refractivity contribution in [2.45, 2.75) is 39.7 Å². The summed E-state index contributed by atoms with van der Waals surface area (Å²) in [6, 6.07) is 6.88. The fourth-order valence-corrected chi connectivity index (χ4v) is 2.89. The highest BCUT2D eigenvalue weighted by atomic mass is 15.1. The molecule has 1 unspecified atom stereocenters. The molecule has 1 saturated heterocycles. The molecule has 1 aliphatic rings. The molecule has 18 heavy (non-hydrogen) atoms. The van der Waals surface area contributed by atoms with Crippen molar-refractivity contribution in [3.05, 3.63) is 29.3 Å². The second kappa shape index (κ2) is 6.24. The summed E-state index contributed by atoms with van der Waals surface area (Å²) in [6.45, 7) is 8.01. The number of hydrogen-bond donors (Lipinski definition) is 1. The van der Waals surface area contributed by atoms with Crippen LogP contribution in [0.1, 0.15) is 37.3 Å². The van der Waals surface area contributed by atoms with Crippen LogP contribution < -0.4 is 10.2 Å². The van der Waals surface area contributed by atoms with Crippen molar-refractivity contribution < 1.29 is 0 Å². The summed E-state index contributed by atoms with van der Waals surface area (Å²) < 4.78 is 0. The van der Waals surface area contributed by atoms with Crippen LogP contribution in [0.4, 0.5) is 5.69 Å². The lowest BCUT2D eigenvalue weighted by Gasteiger charge is -2.25. The van der Waals surface area contributed by atoms with Crippen molar-refractivity contribution in [2.24, 2.45) is 5.92 Å². The number of rotatable bonds is 3. The summed E-state index contributed by atoms with van der Waals surface area (Å²) >= 11 is 0. The van der Waals surface area contributed by atoms with Gasteiger partial charge in [0.15, 0.2) is 0 Å². The summed E-state index contributed by atoms with van der Waals surface area (Å²) in [4.78, 5) is 2.57. The number of nitrogens with zero attached hydrogens (tertiary/aromatic N) is 1. The Morgan fingerprint density at radius 2 is 2.11 bits per heavy atom. The van der Waals surface area contributed by atoms with Gasteiger partial charge in [0.25, 0.3) is 0 Å². The molecular formula is C16H26N2. The van der Waals surface area contributed by atoms with E-state index in [1.807, 2.05) is 7.05 Å². The second-order valence-corrected chi connectivity index (χ2v) is 5.67. The summed E-state index contributed by atoms with van der Waals surface area (Å²) in [5.41, 5.74) is 4.23. The lowest BCUT2D eigenvalue weighted by atomic mass is 10.0. The van der Waals surface area contributed by atoms with E-state index in [0.29, 0.717) is 0 Å². The van der Waals surface area contributed by atoms with Crippen LogP contribution in [0.15, 0.2) is 18.2 Å². The maximum atomic E-state index is 3.21. The van der Waals surface area contributed by atoms with Crippen LogP contribution in [0.2, 0.25) is 0 Å². The quantitative estimate of drug-likeness (QED) is 0.880. The van der Waals surface area contributed by atoms with Gasteiger partial charge < -0.3 is 10.2 Å². The van der Waals surface area contributed by atoms with Gasteiger partial charge in [0, 0.05) is 25.3 Å². The van der Waals surface area contributed by atoms with Crippen LogP contribution in [-0.2, 0) is 6.54 Å². The van der Waals surface area contributed by atoms with Crippen LogP contribution in [0.25, 0.3) is 0 Å². The van der Waals surface area contributed by atoms with E-state index >= 15 is 0 Å². The Balaban J connectivity index is 2.12. The second-order valence-electron chi connectivity index (χ2n) is 5.67. The molecule has 1 aromatic rings. The largest absolute Gasteiger partial charge is 0.371 e. The van der Waals surface area contributed by atoms with Crippen molar-refractivity contribution in [3.63, 3.8) is 0 Å². The molecule has 0 amide bonds. The molecule has 1 aromatic carbocycles. The average Bonchev–Trinajstić information content (AvgIpc) is 2.55. The third-order valence-corrected chi connectivity index (χ3v) is 4.00. The fourth-order valence-electron chi connectivity index (χ4n) is 2.89. The molecule has 1 atom stereocenters. The van der Waals surface area contributed by atoms with Gasteiger partial charge in [-0.3, -0.25) is 0 Å². The van der Waals surface area contributed by atoms with Crippen LogP contribution in [-0.4, -0.2) is 20.1 Å². The number of anilines is 1. The van der Waals surface area contributed by atoms with Gasteiger partial charge in [-0.2, -0.15) is 0 Å². The molecule has 2 rings (SSSR count). The van der Waals surface area contributed by atoms with Crippen molar-refractivity contribution in [3.8, 4) is 0 Å². The van der Waals surface area contributed by atoms with Crippen molar-refractivity contribution in [1.29, 1.82) is 0 Å². The summed E-state index contributed by atoms with van der Waals surface area (Å²) in [5, 5.41) is 3.21. The van der Waals surface area contributed by atoms with Gasteiger partial charge in [0.1, 0.15) is 0 Å². The Morgan fingerprint density at radius 3 is 2.83 bits per heavy atom. The topological polar surface area (TPSA) is 15.3 Å². The first-order valence-corrected chi connectivity index (χ1v) is 7.20. The predicted octanol–water partition coefficient (Wildman–Crippen LogP) is 3.34. The van der Waals surface area contributed by atoms with E-state index in [-0.39, 0.29) is 0 Å². The van der Waals surface area contributed by atoms with Gasteiger partial charge in [-0.1, -0.05) is 19.1 Å². The zero-order valence-electron chi connectivity index (χ0n) is 12.0. The molecule has 1 N–H and O–H groups in total. The average molecular weight is 246 g/mol. The molecule has 0 bridgehead atoms. The lowest BCUT2D eigenvalue weighted by Crippen LogP contribution is -2.25. The van der Waals surface area contributed by atoms with Crippen molar-refractivity contribution in [2.75, 3.05) is 25.0 Å². The number of aryl methyl sites for hydroxylation is 1. The van der Waals surface area contributed by atoms with Crippen LogP contribution in [0.3, 0.4) is 0 Å². The monoisotopic (exact) mass is 246 g/mol. The molecule has 1 fully saturated rings. The maximum Gasteiger partial charge on any atom is 0.0396 e. The molecule has 100 valence electrons. The predicted molar refractivity (Wildman–Crippen MR) is 79.2 cm³/mol. The maximum absolute atomic E-state index is 3.21. The molecule has 0 aromatic heterocycles. The molecular weight excluding hydrogens is 220 g/mol. The number of nitrogens with one attached hydrogen (secondary N) is 1. The minimum Gasteiger partial charge on any atom is -0.371 e. The van der Waals surface area contributed by atoms with Crippen LogP contribution >= 0.6 is 0 Å². The minimum absolute atomic E-state index is 0.888. The Morgan fingerprint density at radius 1 is 1.28 bits per heavy atom. The lowest BCUT2D eigenvalue weighted by molar-refractivity contribution is 0.521. The normalized spacial score (nSPS) is 20.8. The van der Waals surface area contributed by atoms with Gasteiger partial charge >= 0.3 is 0 Å².